The molecular weight excluding hydrogens is 603 g/mol. The van der Waals surface area contributed by atoms with Crippen LogP contribution in [0, 0.1) is 0 Å². The molecule has 8 nitrogen and oxygen atoms in total. The lowest BCUT2D eigenvalue weighted by Gasteiger charge is -2.28. The summed E-state index contributed by atoms with van der Waals surface area (Å²) >= 11 is 11.7. The highest BCUT2D eigenvalue weighted by Gasteiger charge is 2.37. The van der Waals surface area contributed by atoms with Crippen molar-refractivity contribution < 1.29 is 30.3 Å². The fraction of sp³-hybridized carbons (Fsp3) is 0.559. The zero-order chi connectivity index (χ0) is 33.9. The van der Waals surface area contributed by atoms with Crippen LogP contribution in [0.15, 0.2) is 48.5 Å². The number of amides is 2. The number of rotatable bonds is 4. The first kappa shape index (κ1) is 35.7. The van der Waals surface area contributed by atoms with Gasteiger partial charge in [-0.1, -0.05) is 61.3 Å². The summed E-state index contributed by atoms with van der Waals surface area (Å²) in [4.78, 5) is 39.3. The van der Waals surface area contributed by atoms with Gasteiger partial charge in [0.2, 0.25) is 0 Å². The van der Waals surface area contributed by atoms with Gasteiger partial charge in [-0.3, -0.25) is 9.69 Å². The van der Waals surface area contributed by atoms with E-state index in [-0.39, 0.29) is 30.5 Å². The molecule has 244 valence electrons. The number of Topliss-reactive ketones (excluding diaryl/α,β-unsaturated/α-hetero) is 1. The molecule has 2 aromatic rings. The van der Waals surface area contributed by atoms with E-state index in [1.807, 2.05) is 90.1 Å². The van der Waals surface area contributed by atoms with Crippen molar-refractivity contribution in [3.63, 3.8) is 0 Å². The van der Waals surface area contributed by atoms with Crippen molar-refractivity contribution in [3.8, 4) is 0 Å². The van der Waals surface area contributed by atoms with Crippen molar-refractivity contribution >= 4 is 41.2 Å². The van der Waals surface area contributed by atoms with Gasteiger partial charge in [-0.05, 0) is 96.2 Å². The molecule has 2 amide bonds. The molecule has 0 bridgehead atoms. The molecule has 2 saturated heterocycles. The molecule has 2 fully saturated rings. The molecule has 10 heteroatoms. The minimum absolute atomic E-state index is 0.0453. The van der Waals surface area contributed by atoms with Crippen LogP contribution in [0.25, 0.3) is 0 Å². The zero-order valence-electron chi connectivity index (χ0n) is 27.9. The Labute approximate surface area is 274 Å². The van der Waals surface area contributed by atoms with Crippen LogP contribution in [0.1, 0.15) is 80.7 Å². The smallest absolute Gasteiger partial charge is 0.410 e. The Balaban J connectivity index is 0.000000288. The summed E-state index contributed by atoms with van der Waals surface area (Å²) in [5.74, 6) is 0.0693. The number of carbonyl (C=O) groups excluding carboxylic acids is 3. The Hall–Kier alpha value is -2.81. The zero-order valence-corrected chi connectivity index (χ0v) is 28.5. The molecule has 0 radical (unpaired) electrons. The number of β-amino-alcohol motifs (C(OH)–C–C–N with tert-alkyl or cyclic N) is 1. The maximum Gasteiger partial charge on any atom is 0.410 e. The number of hydrogen-bond donors (Lipinski definition) is 1. The molecular formula is C34H48Cl2N2O6. The maximum absolute atomic E-state index is 12.2. The first-order valence-electron chi connectivity index (χ1n) is 15.6. The monoisotopic (exact) mass is 651 g/mol. The van der Waals surface area contributed by atoms with E-state index < -0.39 is 23.4 Å². The number of aliphatic hydroxyl groups is 1. The molecule has 4 rings (SSSR count). The molecule has 0 spiro atoms. The molecule has 2 aromatic carbocycles. The van der Waals surface area contributed by atoms with Gasteiger partial charge < -0.3 is 19.5 Å². The third-order valence-corrected chi connectivity index (χ3v) is 7.17. The Morgan fingerprint density at radius 3 is 1.68 bits per heavy atom. The van der Waals surface area contributed by atoms with Gasteiger partial charge in [-0.25, -0.2) is 9.59 Å². The average Bonchev–Trinajstić information content (AvgIpc) is 3.47. The first-order chi connectivity index (χ1) is 20.9. The van der Waals surface area contributed by atoms with Crippen LogP contribution in [-0.2, 0) is 27.1 Å². The summed E-state index contributed by atoms with van der Waals surface area (Å²) in [6.07, 6.45) is 0.986. The van der Waals surface area contributed by atoms with Crippen molar-refractivity contribution in [2.45, 2.75) is 110 Å². The van der Waals surface area contributed by atoms with E-state index in [4.69, 9.17) is 34.0 Å². The number of benzene rings is 2. The van der Waals surface area contributed by atoms with E-state index >= 15 is 0 Å². The largest absolute Gasteiger partial charge is 0.444 e. The number of aliphatic hydroxyl groups excluding tert-OH is 1. The lowest BCUT2D eigenvalue weighted by Crippen LogP contribution is -2.41. The van der Waals surface area contributed by atoms with Crippen molar-refractivity contribution in [1.82, 2.24) is 9.80 Å². The number of hydrogen-bond acceptors (Lipinski definition) is 6. The SMILES string of the molecule is CC(C)(C)OC(=O)N1CC(=O)C[C@@H]1Cc1ccc(Cl)cc1.CC(C)(C)OC(=O)N1C[C@@H](O)C[C@@H]1Cc1ccc(Cl)cc1.[2H]CC. The average molecular weight is 653 g/mol. The van der Waals surface area contributed by atoms with E-state index in [1.54, 1.807) is 11.8 Å². The van der Waals surface area contributed by atoms with Crippen LogP contribution < -0.4 is 0 Å². The van der Waals surface area contributed by atoms with E-state index in [2.05, 4.69) is 0 Å². The highest BCUT2D eigenvalue weighted by Crippen LogP contribution is 2.25. The van der Waals surface area contributed by atoms with Gasteiger partial charge >= 0.3 is 12.2 Å². The highest BCUT2D eigenvalue weighted by atomic mass is 35.5. The maximum atomic E-state index is 12.2. The number of carbonyl (C=O) groups is 3. The number of halogens is 2. The van der Waals surface area contributed by atoms with Crippen LogP contribution in [0.4, 0.5) is 9.59 Å². The Morgan fingerprint density at radius 2 is 1.25 bits per heavy atom. The number of likely N-dealkylation sites (tertiary alicyclic amines) is 2. The van der Waals surface area contributed by atoms with Crippen molar-refractivity contribution in [2.24, 2.45) is 0 Å². The van der Waals surface area contributed by atoms with Crippen LogP contribution in [0.2, 0.25) is 10.0 Å². The third kappa shape index (κ3) is 12.7. The van der Waals surface area contributed by atoms with E-state index in [0.29, 0.717) is 49.2 Å². The molecule has 0 unspecified atom stereocenters. The number of nitrogens with zero attached hydrogens (tertiary/aromatic N) is 2. The summed E-state index contributed by atoms with van der Waals surface area (Å²) in [6.45, 7) is 13.7. The molecule has 0 aliphatic carbocycles. The third-order valence-electron chi connectivity index (χ3n) is 6.67. The van der Waals surface area contributed by atoms with Crippen molar-refractivity contribution in [2.75, 3.05) is 13.1 Å². The van der Waals surface area contributed by atoms with E-state index in [1.165, 1.54) is 4.90 Å². The van der Waals surface area contributed by atoms with E-state index in [0.717, 1.165) is 11.1 Å². The summed E-state index contributed by atoms with van der Waals surface area (Å²) < 4.78 is 17.0. The molecule has 2 heterocycles. The molecule has 2 aliphatic rings. The fourth-order valence-corrected chi connectivity index (χ4v) is 5.14. The quantitative estimate of drug-likeness (QED) is 0.363. The summed E-state index contributed by atoms with van der Waals surface area (Å²) in [5, 5.41) is 11.2. The normalized spacial score (nSPS) is 20.2. The second kappa shape index (κ2) is 16.5. The fourth-order valence-electron chi connectivity index (χ4n) is 4.89. The van der Waals surface area contributed by atoms with Crippen molar-refractivity contribution in [3.05, 3.63) is 69.7 Å². The topological polar surface area (TPSA) is 96.4 Å². The van der Waals surface area contributed by atoms with Crippen LogP contribution >= 0.6 is 23.2 Å². The standard InChI is InChI=1S/C16H22ClNO3.C16H20ClNO3.C2H6/c2*1-16(2,3)21-15(20)18-10-14(19)9-13(18)8-11-4-6-12(17)7-5-11;1-2/h4-7,13-14,19H,8-10H2,1-3H3;4-7,13H,8-10H2,1-3H3;1-2H3/t13-,14-;13-;/m00./s1/i;;1D. The second-order valence-electron chi connectivity index (χ2n) is 12.8. The lowest BCUT2D eigenvalue weighted by molar-refractivity contribution is -0.117. The van der Waals surface area contributed by atoms with Gasteiger partial charge in [0, 0.05) is 29.9 Å². The van der Waals surface area contributed by atoms with Gasteiger partial charge in [0.05, 0.1) is 19.2 Å². The van der Waals surface area contributed by atoms with Crippen molar-refractivity contribution in [1.29, 1.82) is 0 Å². The van der Waals surface area contributed by atoms with Gasteiger partial charge in [-0.15, -0.1) is 0 Å². The van der Waals surface area contributed by atoms with Gasteiger partial charge in [0.1, 0.15) is 11.2 Å². The van der Waals surface area contributed by atoms with E-state index in [9.17, 15) is 19.5 Å². The van der Waals surface area contributed by atoms with Crippen LogP contribution in [0.3, 0.4) is 0 Å². The Kier molecular flexibility index (Phi) is 13.4. The first-order valence-corrected chi connectivity index (χ1v) is 15.6. The molecule has 1 N–H and O–H groups in total. The predicted octanol–water partition coefficient (Wildman–Crippen LogP) is 7.74. The van der Waals surface area contributed by atoms with Crippen LogP contribution in [0.5, 0.6) is 0 Å². The second-order valence-corrected chi connectivity index (χ2v) is 13.7. The lowest BCUT2D eigenvalue weighted by atomic mass is 10.0. The molecule has 0 saturated carbocycles. The molecule has 0 aromatic heterocycles. The Bertz CT molecular complexity index is 1250. The highest BCUT2D eigenvalue weighted by molar-refractivity contribution is 6.30. The van der Waals surface area contributed by atoms with Gasteiger partial charge in [0.25, 0.3) is 0 Å². The molecule has 44 heavy (non-hydrogen) atoms. The Morgan fingerprint density at radius 1 is 0.841 bits per heavy atom. The summed E-state index contributed by atoms with van der Waals surface area (Å²) in [6, 6.07) is 14.8. The molecule has 3 atom stereocenters. The van der Waals surface area contributed by atoms with Gasteiger partial charge in [0.15, 0.2) is 5.78 Å². The predicted molar refractivity (Wildman–Crippen MR) is 175 cm³/mol. The molecule has 2 aliphatic heterocycles. The number of ketones is 1. The van der Waals surface area contributed by atoms with Gasteiger partial charge in [-0.2, -0.15) is 0 Å². The van der Waals surface area contributed by atoms with Crippen LogP contribution in [-0.4, -0.2) is 75.4 Å². The minimum Gasteiger partial charge on any atom is -0.444 e. The summed E-state index contributed by atoms with van der Waals surface area (Å²) in [5.41, 5.74) is 1.04. The number of ether oxygens (including phenoxy) is 2. The minimum atomic E-state index is -0.562. The summed E-state index contributed by atoms with van der Waals surface area (Å²) in [7, 11) is 0.